The highest BCUT2D eigenvalue weighted by molar-refractivity contribution is 9.10. The molecule has 0 spiro atoms. The lowest BCUT2D eigenvalue weighted by Crippen LogP contribution is -1.89. The zero-order valence-electron chi connectivity index (χ0n) is 6.60. The summed E-state index contributed by atoms with van der Waals surface area (Å²) in [6.45, 7) is -0.241. The van der Waals surface area contributed by atoms with Crippen molar-refractivity contribution in [2.45, 2.75) is 0 Å². The van der Waals surface area contributed by atoms with Crippen LogP contribution in [0.3, 0.4) is 0 Å². The van der Waals surface area contributed by atoms with Gasteiger partial charge in [-0.1, -0.05) is 28.1 Å². The van der Waals surface area contributed by atoms with Gasteiger partial charge >= 0.3 is 0 Å². The highest BCUT2D eigenvalue weighted by atomic mass is 79.9. The first kappa shape index (κ1) is 10.3. The van der Waals surface area contributed by atoms with E-state index in [4.69, 9.17) is 5.11 Å². The maximum Gasteiger partial charge on any atom is 0.134 e. The summed E-state index contributed by atoms with van der Waals surface area (Å²) in [5.41, 5.74) is -0.141. The molecule has 0 aliphatic carbocycles. The predicted molar refractivity (Wildman–Crippen MR) is 50.2 cm³/mol. The van der Waals surface area contributed by atoms with Crippen molar-refractivity contribution in [1.82, 2.24) is 0 Å². The van der Waals surface area contributed by atoms with Crippen molar-refractivity contribution >= 4 is 22.0 Å². The molecule has 0 saturated carbocycles. The molecule has 1 nitrogen and oxygen atoms in total. The van der Waals surface area contributed by atoms with E-state index in [0.29, 0.717) is 4.47 Å². The Bertz CT molecular complexity index is 313. The summed E-state index contributed by atoms with van der Waals surface area (Å²) >= 11 is 2.96. The van der Waals surface area contributed by atoms with Gasteiger partial charge in [-0.15, -0.1) is 0 Å². The average Bonchev–Trinajstić information content (AvgIpc) is 2.02. The van der Waals surface area contributed by atoms with Crippen molar-refractivity contribution in [3.8, 4) is 0 Å². The third-order valence-electron chi connectivity index (χ3n) is 1.43. The summed E-state index contributed by atoms with van der Waals surface area (Å²) in [6, 6.07) is 2.33. The summed E-state index contributed by atoms with van der Waals surface area (Å²) in [5.74, 6) is -1.31. The molecule has 1 N–H and O–H groups in total. The van der Waals surface area contributed by atoms with Crippen LogP contribution >= 0.6 is 15.9 Å². The Morgan fingerprint density at radius 3 is 2.31 bits per heavy atom. The Balaban J connectivity index is 3.13. The van der Waals surface area contributed by atoms with Crippen LogP contribution in [0.4, 0.5) is 8.78 Å². The van der Waals surface area contributed by atoms with E-state index in [1.54, 1.807) is 0 Å². The number of hydrogen-bond donors (Lipinski definition) is 1. The third-order valence-corrected chi connectivity index (χ3v) is 1.89. The molecule has 13 heavy (non-hydrogen) atoms. The summed E-state index contributed by atoms with van der Waals surface area (Å²) < 4.78 is 26.4. The molecule has 4 heteroatoms. The van der Waals surface area contributed by atoms with E-state index >= 15 is 0 Å². The number of aliphatic hydroxyl groups excluding tert-OH is 1. The minimum atomic E-state index is -0.656. The topological polar surface area (TPSA) is 20.2 Å². The zero-order chi connectivity index (χ0) is 9.84. The minimum Gasteiger partial charge on any atom is -0.392 e. The van der Waals surface area contributed by atoms with Gasteiger partial charge in [-0.25, -0.2) is 8.78 Å². The molecule has 0 amide bonds. The summed E-state index contributed by atoms with van der Waals surface area (Å²) in [7, 11) is 0. The molecular weight excluding hydrogens is 242 g/mol. The molecule has 1 rings (SSSR count). The Hall–Kier alpha value is -0.740. The van der Waals surface area contributed by atoms with Gasteiger partial charge in [0.25, 0.3) is 0 Å². The van der Waals surface area contributed by atoms with Crippen LogP contribution in [0.25, 0.3) is 6.08 Å². The molecule has 1 aromatic carbocycles. The summed E-state index contributed by atoms with van der Waals surface area (Å²) in [5, 5.41) is 8.42. The second-order valence-electron chi connectivity index (χ2n) is 2.37. The highest BCUT2D eigenvalue weighted by Gasteiger charge is 2.06. The normalized spacial score (nSPS) is 11.1. The third kappa shape index (κ3) is 2.60. The van der Waals surface area contributed by atoms with Crippen molar-refractivity contribution in [2.75, 3.05) is 6.61 Å². The van der Waals surface area contributed by atoms with E-state index < -0.39 is 11.6 Å². The van der Waals surface area contributed by atoms with Crippen LogP contribution < -0.4 is 0 Å². The molecule has 0 aliphatic heterocycles. The summed E-state index contributed by atoms with van der Waals surface area (Å²) in [4.78, 5) is 0. The molecule has 0 unspecified atom stereocenters. The fourth-order valence-corrected chi connectivity index (χ4v) is 1.29. The molecule has 0 heterocycles. The van der Waals surface area contributed by atoms with E-state index in [-0.39, 0.29) is 12.2 Å². The number of benzene rings is 1. The van der Waals surface area contributed by atoms with Crippen molar-refractivity contribution in [1.29, 1.82) is 0 Å². The molecule has 0 aliphatic rings. The van der Waals surface area contributed by atoms with Crippen LogP contribution in [0, 0.1) is 11.6 Å². The van der Waals surface area contributed by atoms with Crippen LogP contribution in [-0.4, -0.2) is 11.7 Å². The van der Waals surface area contributed by atoms with Gasteiger partial charge in [0, 0.05) is 10.0 Å². The lowest BCUT2D eigenvalue weighted by molar-refractivity contribution is 0.343. The lowest BCUT2D eigenvalue weighted by Gasteiger charge is -1.99. The smallest absolute Gasteiger partial charge is 0.134 e. The molecule has 0 bridgehead atoms. The van der Waals surface area contributed by atoms with E-state index in [1.165, 1.54) is 24.3 Å². The van der Waals surface area contributed by atoms with Gasteiger partial charge in [0.05, 0.1) is 6.61 Å². The van der Waals surface area contributed by atoms with Crippen molar-refractivity contribution < 1.29 is 13.9 Å². The molecule has 1 aromatic rings. The van der Waals surface area contributed by atoms with Gasteiger partial charge < -0.3 is 5.11 Å². The van der Waals surface area contributed by atoms with E-state index in [2.05, 4.69) is 15.9 Å². The maximum atomic E-state index is 13.0. The largest absolute Gasteiger partial charge is 0.392 e. The molecule has 0 saturated heterocycles. The molecular formula is C9H7BrF2O. The number of halogens is 3. The second kappa shape index (κ2) is 4.48. The quantitative estimate of drug-likeness (QED) is 0.854. The van der Waals surface area contributed by atoms with Crippen LogP contribution in [-0.2, 0) is 0 Å². The highest BCUT2D eigenvalue weighted by Crippen LogP contribution is 2.20. The minimum absolute atomic E-state index is 0.141. The molecule has 0 radical (unpaired) electrons. The predicted octanol–water partition coefficient (Wildman–Crippen LogP) is 2.73. The van der Waals surface area contributed by atoms with Gasteiger partial charge in [-0.2, -0.15) is 0 Å². The van der Waals surface area contributed by atoms with Gasteiger partial charge in [0.15, 0.2) is 0 Å². The van der Waals surface area contributed by atoms with Crippen LogP contribution in [0.2, 0.25) is 0 Å². The molecule has 0 fully saturated rings. The number of aliphatic hydroxyl groups is 1. The average molecular weight is 249 g/mol. The standard InChI is InChI=1S/C9H7BrF2O/c10-6-4-8(11)7(2-1-3-13)9(12)5-6/h1-2,4-5,13H,3H2/b2-1+. The van der Waals surface area contributed by atoms with Crippen molar-refractivity contribution in [3.05, 3.63) is 39.9 Å². The zero-order valence-corrected chi connectivity index (χ0v) is 8.18. The monoisotopic (exact) mass is 248 g/mol. The Labute approximate surface area is 82.8 Å². The maximum absolute atomic E-state index is 13.0. The first-order valence-corrected chi connectivity index (χ1v) is 4.36. The van der Waals surface area contributed by atoms with Crippen LogP contribution in [0.1, 0.15) is 5.56 Å². The fourth-order valence-electron chi connectivity index (χ4n) is 0.883. The number of hydrogen-bond acceptors (Lipinski definition) is 1. The van der Waals surface area contributed by atoms with Gasteiger partial charge in [0.2, 0.25) is 0 Å². The molecule has 0 atom stereocenters. The Morgan fingerprint density at radius 1 is 1.31 bits per heavy atom. The van der Waals surface area contributed by atoms with E-state index in [0.717, 1.165) is 0 Å². The fraction of sp³-hybridized carbons (Fsp3) is 0.111. The lowest BCUT2D eigenvalue weighted by atomic mass is 10.2. The van der Waals surface area contributed by atoms with Gasteiger partial charge in [-0.3, -0.25) is 0 Å². The second-order valence-corrected chi connectivity index (χ2v) is 3.28. The number of rotatable bonds is 2. The SMILES string of the molecule is OC/C=C/c1c(F)cc(Br)cc1F. The van der Waals surface area contributed by atoms with E-state index in [9.17, 15) is 8.78 Å². The molecule has 70 valence electrons. The van der Waals surface area contributed by atoms with Crippen LogP contribution in [0.15, 0.2) is 22.7 Å². The Kier molecular flexibility index (Phi) is 3.57. The van der Waals surface area contributed by atoms with E-state index in [1.807, 2.05) is 0 Å². The Morgan fingerprint density at radius 2 is 1.85 bits per heavy atom. The van der Waals surface area contributed by atoms with Crippen molar-refractivity contribution in [2.24, 2.45) is 0 Å². The van der Waals surface area contributed by atoms with Crippen molar-refractivity contribution in [3.63, 3.8) is 0 Å². The first-order chi connectivity index (χ1) is 6.15. The first-order valence-electron chi connectivity index (χ1n) is 3.57. The van der Waals surface area contributed by atoms with Gasteiger partial charge in [-0.05, 0) is 12.1 Å². The molecule has 0 aromatic heterocycles. The summed E-state index contributed by atoms with van der Waals surface area (Å²) in [6.07, 6.45) is 2.48. The van der Waals surface area contributed by atoms with Gasteiger partial charge in [0.1, 0.15) is 11.6 Å². The van der Waals surface area contributed by atoms with Crippen LogP contribution in [0.5, 0.6) is 0 Å².